The van der Waals surface area contributed by atoms with E-state index in [4.69, 9.17) is 10.5 Å². The third kappa shape index (κ3) is 3.65. The molecule has 0 radical (unpaired) electrons. The quantitative estimate of drug-likeness (QED) is 0.353. The van der Waals surface area contributed by atoms with Crippen LogP contribution in [0.1, 0.15) is 6.23 Å². The Balaban J connectivity index is 1.61. The highest BCUT2D eigenvalue weighted by Gasteiger charge is 2.44. The van der Waals surface area contributed by atoms with Crippen LogP contribution in [-0.2, 0) is 9.53 Å². The Kier molecular flexibility index (Phi) is 5.71. The smallest absolute Gasteiger partial charge is 0.243 e. The number of nitrogens with two attached hydrogens (primary N) is 1. The van der Waals surface area contributed by atoms with Crippen LogP contribution in [0.2, 0.25) is 0 Å². The van der Waals surface area contributed by atoms with Gasteiger partial charge in [-0.05, 0) is 6.08 Å². The van der Waals surface area contributed by atoms with Crippen molar-refractivity contribution in [3.8, 4) is 0 Å². The third-order valence-corrected chi connectivity index (χ3v) is 5.07. The molecule has 5 N–H and O–H groups in total. The molecule has 2 aromatic heterocycles. The molecule has 0 saturated carbocycles. The molecule has 1 saturated heterocycles. The second-order valence-corrected chi connectivity index (χ2v) is 6.85. The van der Waals surface area contributed by atoms with E-state index in [0.717, 1.165) is 0 Å². The van der Waals surface area contributed by atoms with Gasteiger partial charge in [-0.2, -0.15) is 11.8 Å². The predicted molar refractivity (Wildman–Crippen MR) is 96.2 cm³/mol. The second-order valence-electron chi connectivity index (χ2n) is 5.70. The molecule has 2 aromatic rings. The summed E-state index contributed by atoms with van der Waals surface area (Å²) in [6.45, 7) is 3.86. The van der Waals surface area contributed by atoms with Crippen LogP contribution in [0.5, 0.6) is 0 Å². The SMILES string of the molecule is C=CC(=O)NCCSC[C@@H]1O[C@@H](n2cnc3c(N)ncnc32)[C@@H](O)[C@H]1O. The van der Waals surface area contributed by atoms with Crippen molar-refractivity contribution >= 4 is 34.7 Å². The normalized spacial score (nSPS) is 25.5. The summed E-state index contributed by atoms with van der Waals surface area (Å²) in [4.78, 5) is 23.2. The molecule has 4 atom stereocenters. The lowest BCUT2D eigenvalue weighted by atomic mass is 10.1. The Morgan fingerprint density at radius 1 is 1.42 bits per heavy atom. The van der Waals surface area contributed by atoms with Gasteiger partial charge in [0.1, 0.15) is 24.1 Å². The summed E-state index contributed by atoms with van der Waals surface area (Å²) in [6.07, 6.45) is 0.403. The maximum absolute atomic E-state index is 11.1. The highest BCUT2D eigenvalue weighted by molar-refractivity contribution is 7.99. The number of ether oxygens (including phenoxy) is 1. The van der Waals surface area contributed by atoms with Crippen LogP contribution in [0.15, 0.2) is 25.3 Å². The van der Waals surface area contributed by atoms with Crippen LogP contribution < -0.4 is 11.1 Å². The van der Waals surface area contributed by atoms with E-state index in [1.807, 2.05) is 0 Å². The van der Waals surface area contributed by atoms with Crippen molar-refractivity contribution < 1.29 is 19.7 Å². The topological polar surface area (TPSA) is 148 Å². The van der Waals surface area contributed by atoms with Crippen LogP contribution in [0.25, 0.3) is 11.2 Å². The molecular formula is C15H20N6O4S. The predicted octanol–water partition coefficient (Wildman–Crippen LogP) is -0.937. The van der Waals surface area contributed by atoms with Crippen molar-refractivity contribution in [1.29, 1.82) is 0 Å². The molecule has 26 heavy (non-hydrogen) atoms. The number of aromatic nitrogens is 4. The zero-order valence-electron chi connectivity index (χ0n) is 13.9. The summed E-state index contributed by atoms with van der Waals surface area (Å²) in [6, 6.07) is 0. The molecule has 1 aliphatic heterocycles. The van der Waals surface area contributed by atoms with Crippen molar-refractivity contribution in [3.05, 3.63) is 25.3 Å². The number of imidazole rings is 1. The first kappa shape index (κ1) is 18.6. The van der Waals surface area contributed by atoms with E-state index < -0.39 is 24.5 Å². The minimum absolute atomic E-state index is 0.230. The van der Waals surface area contributed by atoms with E-state index in [1.165, 1.54) is 35.1 Å². The van der Waals surface area contributed by atoms with Gasteiger partial charge in [0.2, 0.25) is 5.91 Å². The summed E-state index contributed by atoms with van der Waals surface area (Å²) < 4.78 is 7.36. The number of aliphatic hydroxyl groups is 2. The average molecular weight is 380 g/mol. The number of hydrogen-bond donors (Lipinski definition) is 4. The van der Waals surface area contributed by atoms with E-state index in [9.17, 15) is 15.0 Å². The number of rotatable bonds is 7. The maximum atomic E-state index is 11.1. The summed E-state index contributed by atoms with van der Waals surface area (Å²) in [5.74, 6) is 1.11. The van der Waals surface area contributed by atoms with E-state index in [-0.39, 0.29) is 11.7 Å². The highest BCUT2D eigenvalue weighted by atomic mass is 32.2. The standard InChI is InChI=1S/C15H20N6O4S/c1-2-9(22)17-3-4-26-5-8-11(23)12(24)15(25-8)21-7-20-10-13(16)18-6-19-14(10)21/h2,6-8,11-12,15,23-24H,1,3-5H2,(H,17,22)(H2,16,18,19)/t8-,11-,12-,15+/m0/s1. The Morgan fingerprint density at radius 2 is 2.23 bits per heavy atom. The number of thioether (sulfide) groups is 1. The Morgan fingerprint density at radius 3 is 3.00 bits per heavy atom. The fourth-order valence-corrected chi connectivity index (χ4v) is 3.59. The third-order valence-electron chi connectivity index (χ3n) is 4.01. The van der Waals surface area contributed by atoms with Crippen LogP contribution in [-0.4, -0.2) is 72.0 Å². The molecule has 0 spiro atoms. The summed E-state index contributed by atoms with van der Waals surface area (Å²) >= 11 is 1.50. The number of nitrogens with one attached hydrogen (secondary N) is 1. The Labute approximate surface area is 153 Å². The van der Waals surface area contributed by atoms with Gasteiger partial charge in [-0.15, -0.1) is 0 Å². The lowest BCUT2D eigenvalue weighted by molar-refractivity contribution is -0.116. The number of amides is 1. The molecule has 0 unspecified atom stereocenters. The molecular weight excluding hydrogens is 360 g/mol. The van der Waals surface area contributed by atoms with Gasteiger partial charge < -0.3 is 26.0 Å². The molecule has 1 aliphatic rings. The highest BCUT2D eigenvalue weighted by Crippen LogP contribution is 2.33. The molecule has 0 bridgehead atoms. The van der Waals surface area contributed by atoms with Gasteiger partial charge in [0.15, 0.2) is 17.7 Å². The number of fused-ring (bicyclic) bond motifs is 1. The number of aliphatic hydroxyl groups excluding tert-OH is 2. The van der Waals surface area contributed by atoms with Crippen LogP contribution in [0, 0.1) is 0 Å². The lowest BCUT2D eigenvalue weighted by Crippen LogP contribution is -2.33. The lowest BCUT2D eigenvalue weighted by Gasteiger charge is -2.16. The van der Waals surface area contributed by atoms with E-state index in [1.54, 1.807) is 0 Å². The summed E-state index contributed by atoms with van der Waals surface area (Å²) in [5.41, 5.74) is 6.60. The van der Waals surface area contributed by atoms with Gasteiger partial charge in [-0.1, -0.05) is 6.58 Å². The minimum Gasteiger partial charge on any atom is -0.387 e. The van der Waals surface area contributed by atoms with Crippen molar-refractivity contribution in [2.24, 2.45) is 0 Å². The Bertz CT molecular complexity index is 800. The van der Waals surface area contributed by atoms with Gasteiger partial charge >= 0.3 is 0 Å². The molecule has 3 rings (SSSR count). The number of carbonyl (C=O) groups is 1. The van der Waals surface area contributed by atoms with Crippen molar-refractivity contribution in [1.82, 2.24) is 24.8 Å². The first-order chi connectivity index (χ1) is 12.5. The molecule has 0 aromatic carbocycles. The number of nitrogen functional groups attached to an aromatic ring is 1. The molecule has 140 valence electrons. The van der Waals surface area contributed by atoms with Crippen LogP contribution >= 0.6 is 11.8 Å². The fraction of sp³-hybridized carbons (Fsp3) is 0.467. The minimum atomic E-state index is -1.13. The second kappa shape index (κ2) is 7.99. The number of hydrogen-bond acceptors (Lipinski definition) is 9. The largest absolute Gasteiger partial charge is 0.387 e. The van der Waals surface area contributed by atoms with Crippen LogP contribution in [0.4, 0.5) is 5.82 Å². The summed E-state index contributed by atoms with van der Waals surface area (Å²) in [5, 5.41) is 23.3. The Hall–Kier alpha value is -2.21. The van der Waals surface area contributed by atoms with Crippen molar-refractivity contribution in [2.75, 3.05) is 23.8 Å². The molecule has 11 heteroatoms. The molecule has 1 amide bonds. The van der Waals surface area contributed by atoms with Crippen LogP contribution in [0.3, 0.4) is 0 Å². The zero-order chi connectivity index (χ0) is 18.7. The van der Waals surface area contributed by atoms with Gasteiger partial charge in [0.25, 0.3) is 0 Å². The molecule has 0 aliphatic carbocycles. The average Bonchev–Trinajstić information content (AvgIpc) is 3.18. The molecule has 1 fully saturated rings. The molecule has 3 heterocycles. The number of carbonyl (C=O) groups excluding carboxylic acids is 1. The number of anilines is 1. The zero-order valence-corrected chi connectivity index (χ0v) is 14.7. The first-order valence-electron chi connectivity index (χ1n) is 7.95. The van der Waals surface area contributed by atoms with E-state index >= 15 is 0 Å². The van der Waals surface area contributed by atoms with E-state index in [2.05, 4.69) is 26.8 Å². The van der Waals surface area contributed by atoms with E-state index in [0.29, 0.717) is 29.2 Å². The monoisotopic (exact) mass is 380 g/mol. The van der Waals surface area contributed by atoms with Crippen molar-refractivity contribution in [3.63, 3.8) is 0 Å². The summed E-state index contributed by atoms with van der Waals surface area (Å²) in [7, 11) is 0. The van der Waals surface area contributed by atoms with Crippen molar-refractivity contribution in [2.45, 2.75) is 24.5 Å². The maximum Gasteiger partial charge on any atom is 0.243 e. The first-order valence-corrected chi connectivity index (χ1v) is 9.11. The van der Waals surface area contributed by atoms with Gasteiger partial charge in [0, 0.05) is 18.1 Å². The number of nitrogens with zero attached hydrogens (tertiary/aromatic N) is 4. The molecule has 10 nitrogen and oxygen atoms in total. The van der Waals surface area contributed by atoms with Gasteiger partial charge in [-0.25, -0.2) is 15.0 Å². The van der Waals surface area contributed by atoms with Gasteiger partial charge in [0.05, 0.1) is 12.4 Å². The van der Waals surface area contributed by atoms with Gasteiger partial charge in [-0.3, -0.25) is 9.36 Å². The fourth-order valence-electron chi connectivity index (χ4n) is 2.67.